The zero-order chi connectivity index (χ0) is 19.2. The zero-order valence-corrected chi connectivity index (χ0v) is 14.8. The first-order valence-electron chi connectivity index (χ1n) is 8.51. The summed E-state index contributed by atoms with van der Waals surface area (Å²) in [5.74, 6) is -1.41. The maximum atomic E-state index is 13.0. The molecule has 0 saturated heterocycles. The van der Waals surface area contributed by atoms with Gasteiger partial charge in [-0.2, -0.15) is 0 Å². The molecule has 1 N–H and O–H groups in total. The van der Waals surface area contributed by atoms with Crippen molar-refractivity contribution < 1.29 is 19.4 Å². The van der Waals surface area contributed by atoms with E-state index in [0.717, 1.165) is 5.56 Å². The number of rotatable bonds is 6. The minimum absolute atomic E-state index is 0.151. The van der Waals surface area contributed by atoms with Crippen LogP contribution in [-0.4, -0.2) is 45.0 Å². The van der Waals surface area contributed by atoms with E-state index in [0.29, 0.717) is 5.39 Å². The molecule has 0 spiro atoms. The third-order valence-corrected chi connectivity index (χ3v) is 3.95. The Hall–Kier alpha value is -3.48. The van der Waals surface area contributed by atoms with Crippen molar-refractivity contribution in [1.29, 1.82) is 0 Å². The number of fused-ring (bicyclic) bond motifs is 1. The molecule has 2 heterocycles. The quantitative estimate of drug-likeness (QED) is 0.675. The smallest absolute Gasteiger partial charge is 0.325 e. The molecule has 0 atom stereocenters. The van der Waals surface area contributed by atoms with Crippen molar-refractivity contribution >= 4 is 22.8 Å². The molecule has 1 aromatic carbocycles. The summed E-state index contributed by atoms with van der Waals surface area (Å²) in [6.07, 6.45) is 3.00. The number of amides is 1. The zero-order valence-electron chi connectivity index (χ0n) is 14.8. The highest BCUT2D eigenvalue weighted by Crippen LogP contribution is 2.26. The standard InChI is InChI=1S/C20H19N3O4/c1-2-27-16(24)13-23(12-14-7-4-3-5-8-14)20(26)18-19(25)17-15(11-22-18)9-6-10-21-17/h3-11,25H,2,12-13H2,1H3. The van der Waals surface area contributed by atoms with Gasteiger partial charge in [0.2, 0.25) is 0 Å². The Bertz CT molecular complexity index is 960. The van der Waals surface area contributed by atoms with Crippen LogP contribution in [0.1, 0.15) is 23.0 Å². The summed E-state index contributed by atoms with van der Waals surface area (Å²) >= 11 is 0. The van der Waals surface area contributed by atoms with Crippen molar-refractivity contribution in [3.63, 3.8) is 0 Å². The van der Waals surface area contributed by atoms with Crippen LogP contribution >= 0.6 is 0 Å². The molecule has 0 unspecified atom stereocenters. The van der Waals surface area contributed by atoms with Gasteiger partial charge in [-0.3, -0.25) is 14.6 Å². The van der Waals surface area contributed by atoms with Crippen molar-refractivity contribution in [2.24, 2.45) is 0 Å². The lowest BCUT2D eigenvalue weighted by Crippen LogP contribution is -2.36. The largest absolute Gasteiger partial charge is 0.504 e. The highest BCUT2D eigenvalue weighted by atomic mass is 16.5. The number of pyridine rings is 2. The van der Waals surface area contributed by atoms with E-state index in [1.54, 1.807) is 19.1 Å². The summed E-state index contributed by atoms with van der Waals surface area (Å²) in [6, 6.07) is 12.7. The van der Waals surface area contributed by atoms with Gasteiger partial charge in [0.1, 0.15) is 12.1 Å². The summed E-state index contributed by atoms with van der Waals surface area (Å²) in [7, 11) is 0. The second-order valence-corrected chi connectivity index (χ2v) is 5.85. The van der Waals surface area contributed by atoms with Gasteiger partial charge < -0.3 is 14.7 Å². The fourth-order valence-electron chi connectivity index (χ4n) is 2.70. The van der Waals surface area contributed by atoms with Crippen LogP contribution in [0, 0.1) is 0 Å². The van der Waals surface area contributed by atoms with Gasteiger partial charge >= 0.3 is 5.97 Å². The van der Waals surface area contributed by atoms with E-state index in [-0.39, 0.29) is 36.7 Å². The average Bonchev–Trinajstić information content (AvgIpc) is 2.68. The molecule has 7 heteroatoms. The SMILES string of the molecule is CCOC(=O)CN(Cc1ccccc1)C(=O)c1ncc2cccnc2c1O. The maximum Gasteiger partial charge on any atom is 0.325 e. The minimum atomic E-state index is -0.572. The Balaban J connectivity index is 1.94. The minimum Gasteiger partial charge on any atom is -0.504 e. The summed E-state index contributed by atoms with van der Waals surface area (Å²) in [5, 5.41) is 11.1. The van der Waals surface area contributed by atoms with E-state index in [1.807, 2.05) is 30.3 Å². The van der Waals surface area contributed by atoms with E-state index >= 15 is 0 Å². The van der Waals surface area contributed by atoms with Gasteiger partial charge in [0, 0.05) is 24.3 Å². The van der Waals surface area contributed by atoms with Gasteiger partial charge in [0.25, 0.3) is 5.91 Å². The summed E-state index contributed by atoms with van der Waals surface area (Å²) in [6.45, 7) is 1.85. The second kappa shape index (κ2) is 8.27. The lowest BCUT2D eigenvalue weighted by Gasteiger charge is -2.22. The Kier molecular flexibility index (Phi) is 5.61. The average molecular weight is 365 g/mol. The van der Waals surface area contributed by atoms with E-state index < -0.39 is 11.9 Å². The molecule has 0 saturated carbocycles. The molecule has 7 nitrogen and oxygen atoms in total. The molecule has 3 aromatic rings. The number of hydrogen-bond acceptors (Lipinski definition) is 6. The van der Waals surface area contributed by atoms with Crippen LogP contribution in [-0.2, 0) is 16.1 Å². The van der Waals surface area contributed by atoms with Gasteiger partial charge in [0.05, 0.1) is 6.61 Å². The van der Waals surface area contributed by atoms with Gasteiger partial charge in [-0.15, -0.1) is 0 Å². The normalized spacial score (nSPS) is 10.6. The molecule has 0 aliphatic rings. The van der Waals surface area contributed by atoms with Crippen molar-refractivity contribution in [3.8, 4) is 5.75 Å². The maximum absolute atomic E-state index is 13.0. The van der Waals surface area contributed by atoms with Crippen LogP contribution < -0.4 is 0 Å². The second-order valence-electron chi connectivity index (χ2n) is 5.85. The van der Waals surface area contributed by atoms with E-state index in [2.05, 4.69) is 9.97 Å². The number of carbonyl (C=O) groups excluding carboxylic acids is 2. The first-order valence-corrected chi connectivity index (χ1v) is 8.51. The number of benzene rings is 1. The molecule has 2 aromatic heterocycles. The number of hydrogen-bond donors (Lipinski definition) is 1. The molecule has 0 aliphatic carbocycles. The lowest BCUT2D eigenvalue weighted by molar-refractivity contribution is -0.143. The third kappa shape index (κ3) is 4.20. The van der Waals surface area contributed by atoms with Crippen molar-refractivity contribution in [1.82, 2.24) is 14.9 Å². The van der Waals surface area contributed by atoms with Gasteiger partial charge in [0.15, 0.2) is 11.4 Å². The molecule has 138 valence electrons. The van der Waals surface area contributed by atoms with Crippen molar-refractivity contribution in [2.75, 3.05) is 13.2 Å². The van der Waals surface area contributed by atoms with Crippen molar-refractivity contribution in [2.45, 2.75) is 13.5 Å². The first kappa shape index (κ1) is 18.3. The molecular weight excluding hydrogens is 346 g/mol. The van der Waals surface area contributed by atoms with Crippen LogP contribution in [0.2, 0.25) is 0 Å². The van der Waals surface area contributed by atoms with Crippen LogP contribution in [0.3, 0.4) is 0 Å². The summed E-state index contributed by atoms with van der Waals surface area (Å²) in [5.41, 5.74) is 0.974. The molecule has 3 rings (SSSR count). The number of esters is 1. The fourth-order valence-corrected chi connectivity index (χ4v) is 2.70. The number of aromatic hydroxyl groups is 1. The molecule has 0 fully saturated rings. The van der Waals surface area contributed by atoms with Gasteiger partial charge in [-0.1, -0.05) is 30.3 Å². The topological polar surface area (TPSA) is 92.6 Å². The Morgan fingerprint density at radius 1 is 1.11 bits per heavy atom. The fraction of sp³-hybridized carbons (Fsp3) is 0.200. The van der Waals surface area contributed by atoms with Crippen LogP contribution in [0.15, 0.2) is 54.9 Å². The number of carbonyl (C=O) groups is 2. The Morgan fingerprint density at radius 2 is 1.89 bits per heavy atom. The molecule has 0 aliphatic heterocycles. The monoisotopic (exact) mass is 365 g/mol. The third-order valence-electron chi connectivity index (χ3n) is 3.95. The Morgan fingerprint density at radius 3 is 2.63 bits per heavy atom. The van der Waals surface area contributed by atoms with E-state index in [4.69, 9.17) is 4.74 Å². The lowest BCUT2D eigenvalue weighted by atomic mass is 10.1. The van der Waals surface area contributed by atoms with Crippen molar-refractivity contribution in [3.05, 3.63) is 66.1 Å². The molecule has 1 amide bonds. The predicted octanol–water partition coefficient (Wildman–Crippen LogP) is 2.54. The predicted molar refractivity (Wildman–Crippen MR) is 99.0 cm³/mol. The highest BCUT2D eigenvalue weighted by molar-refractivity contribution is 6.01. The van der Waals surface area contributed by atoms with Crippen LogP contribution in [0.5, 0.6) is 5.75 Å². The Labute approximate surface area is 156 Å². The number of nitrogens with zero attached hydrogens (tertiary/aromatic N) is 3. The summed E-state index contributed by atoms with van der Waals surface area (Å²) in [4.78, 5) is 34.5. The van der Waals surface area contributed by atoms with Gasteiger partial charge in [-0.05, 0) is 24.6 Å². The van der Waals surface area contributed by atoms with Crippen LogP contribution in [0.25, 0.3) is 10.9 Å². The molecule has 27 heavy (non-hydrogen) atoms. The highest BCUT2D eigenvalue weighted by Gasteiger charge is 2.25. The van der Waals surface area contributed by atoms with E-state index in [9.17, 15) is 14.7 Å². The molecule has 0 radical (unpaired) electrons. The number of ether oxygens (including phenoxy) is 1. The van der Waals surface area contributed by atoms with Crippen LogP contribution in [0.4, 0.5) is 0 Å². The number of aromatic nitrogens is 2. The molecule has 0 bridgehead atoms. The summed E-state index contributed by atoms with van der Waals surface area (Å²) < 4.78 is 4.97. The molecular formula is C20H19N3O4. The van der Waals surface area contributed by atoms with Gasteiger partial charge in [-0.25, -0.2) is 4.98 Å². The first-order chi connectivity index (χ1) is 13.1. The van der Waals surface area contributed by atoms with E-state index in [1.165, 1.54) is 17.3 Å².